The van der Waals surface area contributed by atoms with Crippen LogP contribution in [-0.4, -0.2) is 24.1 Å². The Kier molecular flexibility index (Phi) is 4.77. The summed E-state index contributed by atoms with van der Waals surface area (Å²) in [4.78, 5) is 22.1. The van der Waals surface area contributed by atoms with Crippen molar-refractivity contribution in [3.05, 3.63) is 0 Å². The largest absolute Gasteiger partial charge is 0.466 e. The van der Waals surface area contributed by atoms with Gasteiger partial charge >= 0.3 is 11.9 Å². The highest BCUT2D eigenvalue weighted by molar-refractivity contribution is 5.66. The molecule has 4 heteroatoms. The minimum Gasteiger partial charge on any atom is -0.466 e. The summed E-state index contributed by atoms with van der Waals surface area (Å²) in [5.41, 5.74) is -0.499. The van der Waals surface area contributed by atoms with Crippen molar-refractivity contribution in [1.29, 1.82) is 0 Å². The number of carbonyl (C=O) groups excluding carboxylic acids is 2. The second-order valence-corrected chi connectivity index (χ2v) is 5.82. The zero-order valence-corrected chi connectivity index (χ0v) is 12.0. The number of hydrogen-bond donors (Lipinski definition) is 0. The molecule has 0 spiro atoms. The van der Waals surface area contributed by atoms with E-state index in [1.165, 1.54) is 13.8 Å². The molecular weight excluding hydrogens is 232 g/mol. The summed E-state index contributed by atoms with van der Waals surface area (Å²) in [6.07, 6.45) is 2.09. The highest BCUT2D eigenvalue weighted by Crippen LogP contribution is 2.44. The molecule has 0 aromatic rings. The Bertz CT molecular complexity index is 322. The number of carbonyl (C=O) groups is 2. The normalized spacial score (nSPS) is 27.9. The highest BCUT2D eigenvalue weighted by Gasteiger charge is 2.44. The van der Waals surface area contributed by atoms with Crippen LogP contribution >= 0.6 is 0 Å². The first-order valence-electron chi connectivity index (χ1n) is 6.57. The van der Waals surface area contributed by atoms with Crippen LogP contribution in [0.4, 0.5) is 0 Å². The van der Waals surface area contributed by atoms with Gasteiger partial charge in [-0.15, -0.1) is 0 Å². The lowest BCUT2D eigenvalue weighted by atomic mass is 9.80. The number of ether oxygens (including phenoxy) is 2. The van der Waals surface area contributed by atoms with E-state index in [1.54, 1.807) is 0 Å². The summed E-state index contributed by atoms with van der Waals surface area (Å²) in [6.45, 7) is 9.33. The van der Waals surface area contributed by atoms with Gasteiger partial charge in [0.25, 0.3) is 0 Å². The van der Waals surface area contributed by atoms with Crippen molar-refractivity contribution in [2.24, 2.45) is 17.8 Å². The first kappa shape index (κ1) is 15.0. The van der Waals surface area contributed by atoms with E-state index in [0.29, 0.717) is 12.5 Å². The summed E-state index contributed by atoms with van der Waals surface area (Å²) in [5, 5.41) is 0. The molecule has 0 radical (unpaired) electrons. The Hall–Kier alpha value is -1.06. The van der Waals surface area contributed by atoms with Crippen molar-refractivity contribution in [2.75, 3.05) is 6.61 Å². The van der Waals surface area contributed by atoms with Crippen LogP contribution in [0.15, 0.2) is 0 Å². The fourth-order valence-corrected chi connectivity index (χ4v) is 3.07. The average Bonchev–Trinajstić information content (AvgIpc) is 2.55. The molecular formula is C14H24O4. The van der Waals surface area contributed by atoms with Gasteiger partial charge in [-0.2, -0.15) is 0 Å². The molecule has 4 nitrogen and oxygen atoms in total. The van der Waals surface area contributed by atoms with Crippen molar-refractivity contribution in [2.45, 2.75) is 53.1 Å². The standard InChI is InChI=1S/C14H24O4/c1-9-6-7-13(12(9)8-17-10(2)15)14(4,5)18-11(3)16/h9,12-13H,6-8H2,1-5H3. The van der Waals surface area contributed by atoms with Gasteiger partial charge in [-0.1, -0.05) is 6.92 Å². The molecule has 18 heavy (non-hydrogen) atoms. The molecule has 0 N–H and O–H groups in total. The highest BCUT2D eigenvalue weighted by atomic mass is 16.6. The predicted molar refractivity (Wildman–Crippen MR) is 67.9 cm³/mol. The zero-order valence-electron chi connectivity index (χ0n) is 12.0. The molecule has 0 saturated heterocycles. The van der Waals surface area contributed by atoms with E-state index in [0.717, 1.165) is 12.8 Å². The predicted octanol–water partition coefficient (Wildman–Crippen LogP) is 2.55. The van der Waals surface area contributed by atoms with Crippen LogP contribution in [0.2, 0.25) is 0 Å². The number of esters is 2. The Balaban J connectivity index is 2.73. The lowest BCUT2D eigenvalue weighted by molar-refractivity contribution is -0.163. The second kappa shape index (κ2) is 5.72. The summed E-state index contributed by atoms with van der Waals surface area (Å²) < 4.78 is 10.6. The van der Waals surface area contributed by atoms with Crippen molar-refractivity contribution >= 4 is 11.9 Å². The summed E-state index contributed by atoms with van der Waals surface area (Å²) in [5.74, 6) is 0.493. The van der Waals surface area contributed by atoms with Gasteiger partial charge < -0.3 is 9.47 Å². The van der Waals surface area contributed by atoms with Gasteiger partial charge in [0.05, 0.1) is 6.61 Å². The topological polar surface area (TPSA) is 52.6 Å². The number of rotatable bonds is 4. The van der Waals surface area contributed by atoms with Gasteiger partial charge in [-0.05, 0) is 32.6 Å². The van der Waals surface area contributed by atoms with Crippen molar-refractivity contribution in [3.8, 4) is 0 Å². The first-order chi connectivity index (χ1) is 8.24. The van der Waals surface area contributed by atoms with Gasteiger partial charge in [0, 0.05) is 25.7 Å². The lowest BCUT2D eigenvalue weighted by Gasteiger charge is -2.35. The minimum absolute atomic E-state index is 0.246. The third kappa shape index (κ3) is 3.72. The Morgan fingerprint density at radius 1 is 1.17 bits per heavy atom. The molecule has 0 aromatic heterocycles. The molecule has 0 aromatic carbocycles. The van der Waals surface area contributed by atoms with Crippen molar-refractivity contribution in [3.63, 3.8) is 0 Å². The summed E-state index contributed by atoms with van der Waals surface area (Å²) in [7, 11) is 0. The summed E-state index contributed by atoms with van der Waals surface area (Å²) in [6, 6.07) is 0. The number of hydrogen-bond acceptors (Lipinski definition) is 4. The zero-order chi connectivity index (χ0) is 13.9. The fraction of sp³-hybridized carbons (Fsp3) is 0.857. The second-order valence-electron chi connectivity index (χ2n) is 5.82. The molecule has 1 aliphatic carbocycles. The average molecular weight is 256 g/mol. The van der Waals surface area contributed by atoms with Crippen LogP contribution in [0, 0.1) is 17.8 Å². The maximum atomic E-state index is 11.2. The Labute approximate surface area is 109 Å². The SMILES string of the molecule is CC(=O)OCC1C(C)CCC1C(C)(C)OC(C)=O. The van der Waals surface area contributed by atoms with Gasteiger partial charge in [0.1, 0.15) is 5.60 Å². The van der Waals surface area contributed by atoms with Crippen LogP contribution in [0.3, 0.4) is 0 Å². The molecule has 0 aliphatic heterocycles. The molecule has 0 heterocycles. The van der Waals surface area contributed by atoms with Crippen LogP contribution in [-0.2, 0) is 19.1 Å². The quantitative estimate of drug-likeness (QED) is 0.725. The molecule has 1 aliphatic rings. The molecule has 3 unspecified atom stereocenters. The van der Waals surface area contributed by atoms with Gasteiger partial charge in [-0.25, -0.2) is 0 Å². The molecule has 1 rings (SSSR count). The van der Waals surface area contributed by atoms with Crippen molar-refractivity contribution < 1.29 is 19.1 Å². The van der Waals surface area contributed by atoms with E-state index in [4.69, 9.17) is 9.47 Å². The minimum atomic E-state index is -0.499. The van der Waals surface area contributed by atoms with E-state index < -0.39 is 5.60 Å². The maximum absolute atomic E-state index is 11.2. The molecule has 1 saturated carbocycles. The van der Waals surface area contributed by atoms with E-state index in [9.17, 15) is 9.59 Å². The van der Waals surface area contributed by atoms with Gasteiger partial charge in [-0.3, -0.25) is 9.59 Å². The molecule has 3 atom stereocenters. The van der Waals surface area contributed by atoms with Crippen LogP contribution in [0.1, 0.15) is 47.5 Å². The van der Waals surface area contributed by atoms with Crippen LogP contribution in [0.5, 0.6) is 0 Å². The molecule has 1 fully saturated rings. The van der Waals surface area contributed by atoms with Crippen LogP contribution in [0.25, 0.3) is 0 Å². The van der Waals surface area contributed by atoms with E-state index in [1.807, 2.05) is 13.8 Å². The molecule has 104 valence electrons. The van der Waals surface area contributed by atoms with Crippen molar-refractivity contribution in [1.82, 2.24) is 0 Å². The monoisotopic (exact) mass is 256 g/mol. The molecule has 0 bridgehead atoms. The first-order valence-corrected chi connectivity index (χ1v) is 6.57. The lowest BCUT2D eigenvalue weighted by Crippen LogP contribution is -2.40. The fourth-order valence-electron chi connectivity index (χ4n) is 3.07. The third-order valence-corrected chi connectivity index (χ3v) is 3.96. The van der Waals surface area contributed by atoms with E-state index in [2.05, 4.69) is 6.92 Å². The summed E-state index contributed by atoms with van der Waals surface area (Å²) >= 11 is 0. The van der Waals surface area contributed by atoms with Gasteiger partial charge in [0.15, 0.2) is 0 Å². The van der Waals surface area contributed by atoms with Gasteiger partial charge in [0.2, 0.25) is 0 Å². The Morgan fingerprint density at radius 2 is 1.78 bits per heavy atom. The smallest absolute Gasteiger partial charge is 0.303 e. The third-order valence-electron chi connectivity index (χ3n) is 3.96. The van der Waals surface area contributed by atoms with Crippen LogP contribution < -0.4 is 0 Å². The Morgan fingerprint density at radius 3 is 2.28 bits per heavy atom. The maximum Gasteiger partial charge on any atom is 0.303 e. The molecule has 0 amide bonds. The van der Waals surface area contributed by atoms with E-state index >= 15 is 0 Å². The van der Waals surface area contributed by atoms with E-state index in [-0.39, 0.29) is 23.8 Å².